The first-order valence-corrected chi connectivity index (χ1v) is 7.96. The predicted octanol–water partition coefficient (Wildman–Crippen LogP) is 3.13. The van der Waals surface area contributed by atoms with E-state index in [4.69, 9.17) is 14.2 Å². The Balaban J connectivity index is 2.25. The summed E-state index contributed by atoms with van der Waals surface area (Å²) in [5, 5.41) is 0. The molecular formula is C20H20O5. The van der Waals surface area contributed by atoms with Gasteiger partial charge >= 0.3 is 5.97 Å². The van der Waals surface area contributed by atoms with E-state index in [-0.39, 0.29) is 5.78 Å². The molecule has 2 atom stereocenters. The van der Waals surface area contributed by atoms with Crippen LogP contribution in [0.15, 0.2) is 36.4 Å². The van der Waals surface area contributed by atoms with Crippen LogP contribution in [-0.2, 0) is 9.53 Å². The molecular weight excluding hydrogens is 320 g/mol. The number of ketones is 1. The Labute approximate surface area is 146 Å². The van der Waals surface area contributed by atoms with E-state index in [0.717, 1.165) is 11.1 Å². The number of benzene rings is 2. The number of methoxy groups -OCH3 is 3. The molecule has 0 radical (unpaired) electrons. The highest BCUT2D eigenvalue weighted by Gasteiger charge is 2.47. The number of fused-ring (bicyclic) bond motifs is 1. The SMILES string of the molecule is COC(=O)[C@H]1C(=O)c2cc(OC)cc(OC)c2[C@@H]1c1ccc(C)cc1. The summed E-state index contributed by atoms with van der Waals surface area (Å²) in [5.74, 6) is -1.16. The molecule has 2 aromatic rings. The van der Waals surface area contributed by atoms with Crippen molar-refractivity contribution in [1.82, 2.24) is 0 Å². The van der Waals surface area contributed by atoms with Gasteiger partial charge in [-0.15, -0.1) is 0 Å². The zero-order valence-electron chi connectivity index (χ0n) is 14.7. The van der Waals surface area contributed by atoms with Crippen LogP contribution < -0.4 is 9.47 Å². The molecule has 130 valence electrons. The van der Waals surface area contributed by atoms with Gasteiger partial charge in [0.2, 0.25) is 0 Å². The van der Waals surface area contributed by atoms with Crippen molar-refractivity contribution in [3.63, 3.8) is 0 Å². The van der Waals surface area contributed by atoms with Crippen molar-refractivity contribution < 1.29 is 23.8 Å². The highest BCUT2D eigenvalue weighted by atomic mass is 16.5. The van der Waals surface area contributed by atoms with E-state index < -0.39 is 17.8 Å². The number of ether oxygens (including phenoxy) is 3. The van der Waals surface area contributed by atoms with Gasteiger partial charge in [-0.3, -0.25) is 9.59 Å². The van der Waals surface area contributed by atoms with Crippen LogP contribution in [0.4, 0.5) is 0 Å². The molecule has 5 heteroatoms. The van der Waals surface area contributed by atoms with Gasteiger partial charge < -0.3 is 14.2 Å². The Morgan fingerprint density at radius 2 is 1.68 bits per heavy atom. The Hall–Kier alpha value is -2.82. The number of esters is 1. The lowest BCUT2D eigenvalue weighted by molar-refractivity contribution is -0.143. The number of carbonyl (C=O) groups is 2. The standard InChI is InChI=1S/C20H20O5/c1-11-5-7-12(8-6-11)16-17-14(19(21)18(16)20(22)25-4)9-13(23-2)10-15(17)24-3/h5-10,16,18H,1-4H3/t16-,18+/m0/s1. The Kier molecular flexibility index (Phi) is 4.49. The highest BCUT2D eigenvalue weighted by Crippen LogP contribution is 2.48. The second-order valence-electron chi connectivity index (χ2n) is 6.04. The van der Waals surface area contributed by atoms with E-state index in [1.54, 1.807) is 12.1 Å². The van der Waals surface area contributed by atoms with Gasteiger partial charge in [0.15, 0.2) is 5.78 Å². The summed E-state index contributed by atoms with van der Waals surface area (Å²) >= 11 is 0. The summed E-state index contributed by atoms with van der Waals surface area (Å²) in [4.78, 5) is 25.4. The summed E-state index contributed by atoms with van der Waals surface area (Å²) < 4.78 is 15.7. The van der Waals surface area contributed by atoms with Gasteiger partial charge in [-0.1, -0.05) is 29.8 Å². The quantitative estimate of drug-likeness (QED) is 0.632. The monoisotopic (exact) mass is 340 g/mol. The molecule has 0 aromatic heterocycles. The van der Waals surface area contributed by atoms with Crippen molar-refractivity contribution in [2.24, 2.45) is 5.92 Å². The van der Waals surface area contributed by atoms with Crippen LogP contribution in [0.1, 0.15) is 33.0 Å². The first-order chi connectivity index (χ1) is 12.0. The molecule has 0 saturated carbocycles. The Morgan fingerprint density at radius 1 is 1.00 bits per heavy atom. The molecule has 5 nitrogen and oxygen atoms in total. The predicted molar refractivity (Wildman–Crippen MR) is 92.4 cm³/mol. The van der Waals surface area contributed by atoms with Crippen LogP contribution in [0.5, 0.6) is 11.5 Å². The molecule has 3 rings (SSSR count). The molecule has 1 aliphatic rings. The molecule has 0 amide bonds. The zero-order valence-corrected chi connectivity index (χ0v) is 14.7. The minimum absolute atomic E-state index is 0.273. The third-order valence-electron chi connectivity index (χ3n) is 4.66. The maximum absolute atomic E-state index is 13.0. The van der Waals surface area contributed by atoms with Gasteiger partial charge in [0.1, 0.15) is 17.4 Å². The van der Waals surface area contributed by atoms with Crippen LogP contribution in [0.3, 0.4) is 0 Å². The number of hydrogen-bond donors (Lipinski definition) is 0. The van der Waals surface area contributed by atoms with Crippen LogP contribution >= 0.6 is 0 Å². The van der Waals surface area contributed by atoms with E-state index in [1.807, 2.05) is 31.2 Å². The van der Waals surface area contributed by atoms with E-state index in [2.05, 4.69) is 0 Å². The fourth-order valence-corrected chi connectivity index (χ4v) is 3.40. The van der Waals surface area contributed by atoms with Gasteiger partial charge in [-0.2, -0.15) is 0 Å². The number of Topliss-reactive ketones (excluding diaryl/α,β-unsaturated/α-hetero) is 1. The molecule has 0 aliphatic heterocycles. The lowest BCUT2D eigenvalue weighted by Crippen LogP contribution is -2.26. The molecule has 25 heavy (non-hydrogen) atoms. The van der Waals surface area contributed by atoms with E-state index in [0.29, 0.717) is 22.6 Å². The molecule has 0 spiro atoms. The van der Waals surface area contributed by atoms with Crippen LogP contribution in [0.2, 0.25) is 0 Å². The van der Waals surface area contributed by atoms with E-state index in [1.165, 1.54) is 21.3 Å². The summed E-state index contributed by atoms with van der Waals surface area (Å²) in [7, 11) is 4.36. The molecule has 0 bridgehead atoms. The first kappa shape index (κ1) is 17.0. The second kappa shape index (κ2) is 6.59. The van der Waals surface area contributed by atoms with Crippen molar-refractivity contribution in [2.45, 2.75) is 12.8 Å². The fraction of sp³-hybridized carbons (Fsp3) is 0.300. The van der Waals surface area contributed by atoms with Crippen molar-refractivity contribution in [2.75, 3.05) is 21.3 Å². The average Bonchev–Trinajstić information content (AvgIpc) is 2.93. The molecule has 0 fully saturated rings. The zero-order chi connectivity index (χ0) is 18.1. The summed E-state index contributed by atoms with van der Waals surface area (Å²) in [5.41, 5.74) is 3.12. The third kappa shape index (κ3) is 2.76. The maximum atomic E-state index is 13.0. The van der Waals surface area contributed by atoms with Gasteiger partial charge in [-0.25, -0.2) is 0 Å². The van der Waals surface area contributed by atoms with Crippen LogP contribution in [-0.4, -0.2) is 33.1 Å². The molecule has 0 saturated heterocycles. The topological polar surface area (TPSA) is 61.8 Å². The van der Waals surface area contributed by atoms with Gasteiger partial charge in [0.25, 0.3) is 0 Å². The highest BCUT2D eigenvalue weighted by molar-refractivity contribution is 6.14. The first-order valence-electron chi connectivity index (χ1n) is 7.96. The third-order valence-corrected chi connectivity index (χ3v) is 4.66. The number of carbonyl (C=O) groups excluding carboxylic acids is 2. The largest absolute Gasteiger partial charge is 0.497 e. The average molecular weight is 340 g/mol. The van der Waals surface area contributed by atoms with Crippen molar-refractivity contribution >= 4 is 11.8 Å². The minimum Gasteiger partial charge on any atom is -0.497 e. The van der Waals surface area contributed by atoms with Gasteiger partial charge in [0.05, 0.1) is 21.3 Å². The lowest BCUT2D eigenvalue weighted by atomic mass is 9.85. The fourth-order valence-electron chi connectivity index (χ4n) is 3.40. The smallest absolute Gasteiger partial charge is 0.317 e. The van der Waals surface area contributed by atoms with Gasteiger partial charge in [-0.05, 0) is 18.6 Å². The molecule has 2 aromatic carbocycles. The maximum Gasteiger partial charge on any atom is 0.317 e. The second-order valence-corrected chi connectivity index (χ2v) is 6.04. The summed E-state index contributed by atoms with van der Waals surface area (Å²) in [6.45, 7) is 1.99. The van der Waals surface area contributed by atoms with Gasteiger partial charge in [0, 0.05) is 23.1 Å². The van der Waals surface area contributed by atoms with Crippen molar-refractivity contribution in [1.29, 1.82) is 0 Å². The number of aryl methyl sites for hydroxylation is 1. The van der Waals surface area contributed by atoms with E-state index >= 15 is 0 Å². The molecule has 1 aliphatic carbocycles. The van der Waals surface area contributed by atoms with Crippen LogP contribution in [0.25, 0.3) is 0 Å². The Morgan fingerprint density at radius 3 is 2.24 bits per heavy atom. The van der Waals surface area contributed by atoms with Crippen LogP contribution in [0, 0.1) is 12.8 Å². The van der Waals surface area contributed by atoms with Crippen molar-refractivity contribution in [3.8, 4) is 11.5 Å². The summed E-state index contributed by atoms with van der Waals surface area (Å²) in [6, 6.07) is 11.2. The number of rotatable bonds is 4. The Bertz CT molecular complexity index is 823. The lowest BCUT2D eigenvalue weighted by Gasteiger charge is -2.20. The normalized spacial score (nSPS) is 18.6. The molecule has 0 unspecified atom stereocenters. The summed E-state index contributed by atoms with van der Waals surface area (Å²) in [6.07, 6.45) is 0. The molecule has 0 N–H and O–H groups in total. The number of hydrogen-bond acceptors (Lipinski definition) is 5. The minimum atomic E-state index is -0.927. The molecule has 0 heterocycles. The van der Waals surface area contributed by atoms with Crippen molar-refractivity contribution in [3.05, 3.63) is 58.7 Å². The van der Waals surface area contributed by atoms with E-state index in [9.17, 15) is 9.59 Å².